The number of nitrogens with two attached hydrogens (primary N) is 1. The highest BCUT2D eigenvalue weighted by Crippen LogP contribution is 2.33. The number of ether oxygens (including phenoxy) is 1. The molecule has 0 saturated carbocycles. The Balaban J connectivity index is 1.83. The number of hydrogen-bond donors (Lipinski definition) is 2. The summed E-state index contributed by atoms with van der Waals surface area (Å²) in [5, 5.41) is 6.09. The Hall–Kier alpha value is -2.96. The third-order valence-corrected chi connectivity index (χ3v) is 5.57. The number of carbonyl (C=O) groups is 1. The summed E-state index contributed by atoms with van der Waals surface area (Å²) in [5.74, 6) is 0.703. The van der Waals surface area contributed by atoms with Crippen LogP contribution in [0.4, 0.5) is 10.8 Å². The molecule has 162 valence electrons. The Labute approximate surface area is 188 Å². The number of aromatic nitrogens is 1. The molecule has 0 aliphatic rings. The molecule has 3 rings (SSSR count). The van der Waals surface area contributed by atoms with Gasteiger partial charge < -0.3 is 15.8 Å². The molecule has 0 spiro atoms. The van der Waals surface area contributed by atoms with Crippen LogP contribution in [0.15, 0.2) is 53.9 Å². The minimum atomic E-state index is 0.00852. The first kappa shape index (κ1) is 22.7. The van der Waals surface area contributed by atoms with Crippen molar-refractivity contribution in [3.63, 3.8) is 0 Å². The molecule has 6 heteroatoms. The van der Waals surface area contributed by atoms with E-state index >= 15 is 0 Å². The lowest BCUT2D eigenvalue weighted by Crippen LogP contribution is -2.08. The van der Waals surface area contributed by atoms with Gasteiger partial charge in [0.1, 0.15) is 5.75 Å². The number of allylic oxidation sites excluding steroid dienone is 1. The molecule has 5 nitrogen and oxygen atoms in total. The van der Waals surface area contributed by atoms with E-state index in [1.54, 1.807) is 13.0 Å². The van der Waals surface area contributed by atoms with Gasteiger partial charge in [0, 0.05) is 16.5 Å². The molecule has 1 heterocycles. The molecule has 0 saturated heterocycles. The molecule has 1 aromatic heterocycles. The fourth-order valence-electron chi connectivity index (χ4n) is 3.25. The monoisotopic (exact) mass is 435 g/mol. The van der Waals surface area contributed by atoms with E-state index in [2.05, 4.69) is 35.7 Å². The summed E-state index contributed by atoms with van der Waals surface area (Å²) in [4.78, 5) is 16.6. The van der Waals surface area contributed by atoms with Crippen molar-refractivity contribution in [2.24, 2.45) is 5.73 Å². The molecule has 0 fully saturated rings. The Bertz CT molecular complexity index is 1070. The lowest BCUT2D eigenvalue weighted by Gasteiger charge is -2.15. The number of anilines is 2. The SMILES string of the molecule is CC=C(CCN)c1ccc(-c2csc(Nc3cc(C(C)=O)ccc3OC(C)C)n2)cc1. The average molecular weight is 436 g/mol. The van der Waals surface area contributed by atoms with Gasteiger partial charge in [-0.15, -0.1) is 11.3 Å². The number of thiazole rings is 1. The number of rotatable bonds is 9. The molecule has 2 aromatic carbocycles. The van der Waals surface area contributed by atoms with E-state index in [0.717, 1.165) is 28.5 Å². The second-order valence-corrected chi connectivity index (χ2v) is 8.38. The van der Waals surface area contributed by atoms with Crippen molar-refractivity contribution in [2.45, 2.75) is 40.2 Å². The third kappa shape index (κ3) is 5.81. The summed E-state index contributed by atoms with van der Waals surface area (Å²) in [6, 6.07) is 13.8. The summed E-state index contributed by atoms with van der Waals surface area (Å²) in [6.45, 7) is 8.17. The Kier molecular flexibility index (Phi) is 7.60. The van der Waals surface area contributed by atoms with Gasteiger partial charge in [0.2, 0.25) is 0 Å². The van der Waals surface area contributed by atoms with E-state index in [1.807, 2.05) is 38.3 Å². The molecule has 3 aromatic rings. The van der Waals surface area contributed by atoms with E-state index in [-0.39, 0.29) is 11.9 Å². The van der Waals surface area contributed by atoms with Crippen LogP contribution in [0.3, 0.4) is 0 Å². The topological polar surface area (TPSA) is 77.2 Å². The molecule has 31 heavy (non-hydrogen) atoms. The van der Waals surface area contributed by atoms with Gasteiger partial charge in [-0.25, -0.2) is 4.98 Å². The van der Waals surface area contributed by atoms with Gasteiger partial charge >= 0.3 is 0 Å². The average Bonchev–Trinajstić information content (AvgIpc) is 3.21. The van der Waals surface area contributed by atoms with Gasteiger partial charge in [-0.3, -0.25) is 4.79 Å². The number of hydrogen-bond acceptors (Lipinski definition) is 6. The fourth-order valence-corrected chi connectivity index (χ4v) is 3.98. The van der Waals surface area contributed by atoms with Crippen LogP contribution >= 0.6 is 11.3 Å². The van der Waals surface area contributed by atoms with Gasteiger partial charge in [-0.05, 0) is 70.0 Å². The minimum Gasteiger partial charge on any atom is -0.489 e. The number of benzene rings is 2. The molecule has 0 bridgehead atoms. The number of carbonyl (C=O) groups excluding carboxylic acids is 1. The number of nitrogens with one attached hydrogen (secondary N) is 1. The Morgan fingerprint density at radius 2 is 1.90 bits per heavy atom. The molecule has 0 aliphatic heterocycles. The zero-order chi connectivity index (χ0) is 22.4. The maximum Gasteiger partial charge on any atom is 0.187 e. The highest BCUT2D eigenvalue weighted by molar-refractivity contribution is 7.14. The largest absolute Gasteiger partial charge is 0.489 e. The zero-order valence-corrected chi connectivity index (χ0v) is 19.3. The van der Waals surface area contributed by atoms with E-state index in [1.165, 1.54) is 22.5 Å². The number of nitrogens with zero attached hydrogens (tertiary/aromatic N) is 1. The van der Waals surface area contributed by atoms with Crippen LogP contribution in [0, 0.1) is 0 Å². The quantitative estimate of drug-likeness (QED) is 0.386. The molecule has 0 radical (unpaired) electrons. The molecule has 0 aliphatic carbocycles. The van der Waals surface area contributed by atoms with Gasteiger partial charge in [0.25, 0.3) is 0 Å². The van der Waals surface area contributed by atoms with E-state index in [4.69, 9.17) is 15.5 Å². The normalized spacial score (nSPS) is 11.6. The van der Waals surface area contributed by atoms with Gasteiger partial charge in [-0.2, -0.15) is 0 Å². The molecule has 0 atom stereocenters. The number of Topliss-reactive ketones (excluding diaryl/α,β-unsaturated/α-hetero) is 1. The molecular formula is C25H29N3O2S. The first-order valence-electron chi connectivity index (χ1n) is 10.4. The standard InChI is InChI=1S/C25H29N3O2S/c1-5-18(12-13-26)19-6-8-20(9-7-19)23-15-31-25(28-23)27-22-14-21(17(4)29)10-11-24(22)30-16(2)3/h5-11,14-16H,12-13,26H2,1-4H3,(H,27,28). The van der Waals surface area contributed by atoms with Crippen LogP contribution < -0.4 is 15.8 Å². The first-order valence-corrected chi connectivity index (χ1v) is 11.3. The van der Waals surface area contributed by atoms with Crippen molar-refractivity contribution in [1.82, 2.24) is 4.98 Å². The van der Waals surface area contributed by atoms with Crippen molar-refractivity contribution in [1.29, 1.82) is 0 Å². The third-order valence-electron chi connectivity index (χ3n) is 4.81. The predicted molar refractivity (Wildman–Crippen MR) is 130 cm³/mol. The Morgan fingerprint density at radius 1 is 1.19 bits per heavy atom. The molecule has 3 N–H and O–H groups in total. The van der Waals surface area contributed by atoms with E-state index < -0.39 is 0 Å². The lowest BCUT2D eigenvalue weighted by molar-refractivity contribution is 0.101. The summed E-state index contributed by atoms with van der Waals surface area (Å²) in [5.41, 5.74) is 11.4. The molecule has 0 amide bonds. The van der Waals surface area contributed by atoms with Gasteiger partial charge in [0.15, 0.2) is 10.9 Å². The smallest absolute Gasteiger partial charge is 0.187 e. The van der Waals surface area contributed by atoms with Gasteiger partial charge in [0.05, 0.1) is 17.5 Å². The maximum atomic E-state index is 11.8. The first-order chi connectivity index (χ1) is 14.9. The molecule has 0 unspecified atom stereocenters. The van der Waals surface area contributed by atoms with Crippen molar-refractivity contribution in [2.75, 3.05) is 11.9 Å². The van der Waals surface area contributed by atoms with Crippen LogP contribution in [-0.4, -0.2) is 23.4 Å². The minimum absolute atomic E-state index is 0.00852. The highest BCUT2D eigenvalue weighted by atomic mass is 32.1. The lowest BCUT2D eigenvalue weighted by atomic mass is 10.0. The second kappa shape index (κ2) is 10.4. The van der Waals surface area contributed by atoms with Crippen molar-refractivity contribution in [3.05, 3.63) is 65.0 Å². The highest BCUT2D eigenvalue weighted by Gasteiger charge is 2.12. The van der Waals surface area contributed by atoms with Crippen molar-refractivity contribution >= 4 is 33.5 Å². The van der Waals surface area contributed by atoms with E-state index in [9.17, 15) is 4.79 Å². The van der Waals surface area contributed by atoms with Crippen LogP contribution in [0.5, 0.6) is 5.75 Å². The predicted octanol–water partition coefficient (Wildman–Crippen LogP) is 6.30. The van der Waals surface area contributed by atoms with Crippen LogP contribution in [-0.2, 0) is 0 Å². The van der Waals surface area contributed by atoms with Crippen LogP contribution in [0.25, 0.3) is 16.8 Å². The van der Waals surface area contributed by atoms with Gasteiger partial charge in [-0.1, -0.05) is 30.3 Å². The summed E-state index contributed by atoms with van der Waals surface area (Å²) < 4.78 is 5.90. The second-order valence-electron chi connectivity index (χ2n) is 7.53. The summed E-state index contributed by atoms with van der Waals surface area (Å²) in [6.07, 6.45) is 3.00. The van der Waals surface area contributed by atoms with E-state index in [0.29, 0.717) is 17.9 Å². The zero-order valence-electron chi connectivity index (χ0n) is 18.4. The number of ketones is 1. The molecular weight excluding hydrogens is 406 g/mol. The fraction of sp³-hybridized carbons (Fsp3) is 0.280. The Morgan fingerprint density at radius 3 is 2.52 bits per heavy atom. The van der Waals surface area contributed by atoms with Crippen molar-refractivity contribution in [3.8, 4) is 17.0 Å². The van der Waals surface area contributed by atoms with Crippen LogP contribution in [0.1, 0.15) is 50.0 Å². The van der Waals surface area contributed by atoms with Crippen LogP contribution in [0.2, 0.25) is 0 Å². The van der Waals surface area contributed by atoms with Crippen molar-refractivity contribution < 1.29 is 9.53 Å². The summed E-state index contributed by atoms with van der Waals surface area (Å²) in [7, 11) is 0. The maximum absolute atomic E-state index is 11.8. The summed E-state index contributed by atoms with van der Waals surface area (Å²) >= 11 is 1.51.